The second-order valence-corrected chi connectivity index (χ2v) is 5.73. The number of fused-ring (bicyclic) bond motifs is 1. The Kier molecular flexibility index (Phi) is 2.86. The van der Waals surface area contributed by atoms with Crippen molar-refractivity contribution >= 4 is 11.7 Å². The van der Waals surface area contributed by atoms with Gasteiger partial charge in [0.15, 0.2) is 0 Å². The zero-order chi connectivity index (χ0) is 12.6. The Balaban J connectivity index is 2.34. The molecule has 1 unspecified atom stereocenters. The van der Waals surface area contributed by atoms with Crippen molar-refractivity contribution in [3.63, 3.8) is 0 Å². The minimum Gasteiger partial charge on any atom is -0.481 e. The van der Waals surface area contributed by atoms with Gasteiger partial charge in [-0.05, 0) is 22.6 Å². The maximum Gasteiger partial charge on any atom is 0.304 e. The average molecular weight is 233 g/mol. The van der Waals surface area contributed by atoms with Crippen LogP contribution >= 0.6 is 0 Å². The maximum atomic E-state index is 10.8. The van der Waals surface area contributed by atoms with Crippen molar-refractivity contribution in [2.45, 2.75) is 38.5 Å². The number of hydrogen-bond donors (Lipinski definition) is 2. The summed E-state index contributed by atoms with van der Waals surface area (Å²) < 4.78 is 0. The van der Waals surface area contributed by atoms with Crippen molar-refractivity contribution in [2.24, 2.45) is 0 Å². The summed E-state index contributed by atoms with van der Waals surface area (Å²) in [6, 6.07) is 6.34. The highest BCUT2D eigenvalue weighted by molar-refractivity contribution is 5.71. The molecule has 1 aromatic rings. The van der Waals surface area contributed by atoms with Gasteiger partial charge in [0.2, 0.25) is 0 Å². The maximum absolute atomic E-state index is 10.8. The van der Waals surface area contributed by atoms with E-state index in [-0.39, 0.29) is 17.8 Å². The van der Waals surface area contributed by atoms with Gasteiger partial charge in [-0.25, -0.2) is 0 Å². The van der Waals surface area contributed by atoms with Gasteiger partial charge in [0.25, 0.3) is 0 Å². The number of benzene rings is 1. The Labute approximate surface area is 102 Å². The van der Waals surface area contributed by atoms with E-state index in [9.17, 15) is 4.79 Å². The van der Waals surface area contributed by atoms with E-state index in [2.05, 4.69) is 44.3 Å². The Morgan fingerprint density at radius 3 is 2.76 bits per heavy atom. The highest BCUT2D eigenvalue weighted by Crippen LogP contribution is 2.36. The summed E-state index contributed by atoms with van der Waals surface area (Å²) in [5, 5.41) is 12.2. The Morgan fingerprint density at radius 1 is 1.47 bits per heavy atom. The van der Waals surface area contributed by atoms with Crippen molar-refractivity contribution in [1.82, 2.24) is 0 Å². The van der Waals surface area contributed by atoms with E-state index in [1.54, 1.807) is 0 Å². The smallest absolute Gasteiger partial charge is 0.304 e. The third-order valence-corrected chi connectivity index (χ3v) is 3.32. The van der Waals surface area contributed by atoms with Gasteiger partial charge in [0.05, 0.1) is 6.42 Å². The summed E-state index contributed by atoms with van der Waals surface area (Å²) in [5.41, 5.74) is 3.60. The van der Waals surface area contributed by atoms with E-state index in [1.165, 1.54) is 5.56 Å². The van der Waals surface area contributed by atoms with E-state index in [4.69, 9.17) is 5.11 Å². The predicted molar refractivity (Wildman–Crippen MR) is 68.6 cm³/mol. The van der Waals surface area contributed by atoms with Gasteiger partial charge in [0.1, 0.15) is 0 Å². The van der Waals surface area contributed by atoms with Crippen LogP contribution in [0.2, 0.25) is 0 Å². The molecule has 0 aromatic heterocycles. The lowest BCUT2D eigenvalue weighted by molar-refractivity contribution is -0.137. The number of aliphatic carboxylic acids is 1. The van der Waals surface area contributed by atoms with Gasteiger partial charge in [-0.1, -0.05) is 32.9 Å². The van der Waals surface area contributed by atoms with Crippen molar-refractivity contribution < 1.29 is 9.90 Å². The molecule has 0 spiro atoms. The molecular weight excluding hydrogens is 214 g/mol. The van der Waals surface area contributed by atoms with E-state index in [0.29, 0.717) is 0 Å². The molecule has 1 aromatic carbocycles. The lowest BCUT2D eigenvalue weighted by Gasteiger charge is -2.20. The Hall–Kier alpha value is -1.51. The van der Waals surface area contributed by atoms with Crippen LogP contribution in [0, 0.1) is 0 Å². The summed E-state index contributed by atoms with van der Waals surface area (Å²) in [4.78, 5) is 10.8. The van der Waals surface area contributed by atoms with Gasteiger partial charge >= 0.3 is 5.97 Å². The summed E-state index contributed by atoms with van der Waals surface area (Å²) in [6.07, 6.45) is 0.202. The first-order chi connectivity index (χ1) is 7.88. The molecule has 0 saturated heterocycles. The number of anilines is 1. The number of carbonyl (C=O) groups is 1. The molecule has 17 heavy (non-hydrogen) atoms. The van der Waals surface area contributed by atoms with Crippen LogP contribution in [0.25, 0.3) is 0 Å². The summed E-state index contributed by atoms with van der Waals surface area (Å²) >= 11 is 0. The second-order valence-electron chi connectivity index (χ2n) is 5.73. The topological polar surface area (TPSA) is 49.3 Å². The second kappa shape index (κ2) is 4.06. The molecule has 0 amide bonds. The lowest BCUT2D eigenvalue weighted by Crippen LogP contribution is -2.12. The summed E-state index contributed by atoms with van der Waals surface area (Å²) in [7, 11) is 0. The minimum absolute atomic E-state index is 0.102. The molecule has 0 radical (unpaired) electrons. The van der Waals surface area contributed by atoms with Crippen molar-refractivity contribution in [3.05, 3.63) is 29.3 Å². The van der Waals surface area contributed by atoms with Crippen molar-refractivity contribution in [2.75, 3.05) is 11.9 Å². The molecule has 2 rings (SSSR count). The monoisotopic (exact) mass is 233 g/mol. The van der Waals surface area contributed by atoms with Gasteiger partial charge in [-0.2, -0.15) is 0 Å². The number of carboxylic acid groups (broad SMARTS) is 1. The molecule has 92 valence electrons. The fourth-order valence-electron chi connectivity index (χ4n) is 2.26. The van der Waals surface area contributed by atoms with Crippen molar-refractivity contribution in [3.8, 4) is 0 Å². The van der Waals surface area contributed by atoms with E-state index in [1.807, 2.05) is 0 Å². The largest absolute Gasteiger partial charge is 0.481 e. The van der Waals surface area contributed by atoms with E-state index in [0.717, 1.165) is 17.8 Å². The average Bonchev–Trinajstić information content (AvgIpc) is 2.59. The first-order valence-corrected chi connectivity index (χ1v) is 5.98. The van der Waals surface area contributed by atoms with Crippen LogP contribution < -0.4 is 5.32 Å². The lowest BCUT2D eigenvalue weighted by atomic mass is 9.84. The normalized spacial score (nSPS) is 18.6. The quantitative estimate of drug-likeness (QED) is 0.825. The first kappa shape index (κ1) is 12.0. The molecule has 3 nitrogen and oxygen atoms in total. The molecule has 0 aliphatic carbocycles. The van der Waals surface area contributed by atoms with Gasteiger partial charge in [-0.3, -0.25) is 4.79 Å². The van der Waals surface area contributed by atoms with Gasteiger partial charge in [-0.15, -0.1) is 0 Å². The zero-order valence-electron chi connectivity index (χ0n) is 10.6. The van der Waals surface area contributed by atoms with E-state index >= 15 is 0 Å². The first-order valence-electron chi connectivity index (χ1n) is 5.98. The third-order valence-electron chi connectivity index (χ3n) is 3.32. The molecule has 1 aliphatic rings. The Morgan fingerprint density at radius 2 is 2.18 bits per heavy atom. The van der Waals surface area contributed by atoms with Crippen LogP contribution in [0.1, 0.15) is 44.2 Å². The number of carboxylic acids is 1. The molecular formula is C14H19NO2. The Bertz CT molecular complexity index is 446. The molecule has 3 heteroatoms. The number of nitrogens with one attached hydrogen (secondary N) is 1. The molecule has 0 saturated carbocycles. The molecule has 0 bridgehead atoms. The highest BCUT2D eigenvalue weighted by atomic mass is 16.4. The highest BCUT2D eigenvalue weighted by Gasteiger charge is 2.26. The fraction of sp³-hybridized carbons (Fsp3) is 0.500. The standard InChI is InChI=1S/C14H19NO2/c1-14(2,3)10-4-5-12-11(7-10)9(8-15-12)6-13(16)17/h4-5,7,9,15H,6,8H2,1-3H3,(H,16,17). The van der Waals surface area contributed by atoms with Crippen molar-refractivity contribution in [1.29, 1.82) is 0 Å². The van der Waals surface area contributed by atoms with Crippen LogP contribution in [-0.2, 0) is 10.2 Å². The summed E-state index contributed by atoms with van der Waals surface area (Å²) in [6.45, 7) is 7.24. The van der Waals surface area contributed by atoms with Crippen LogP contribution in [0.4, 0.5) is 5.69 Å². The third kappa shape index (κ3) is 2.43. The molecule has 1 atom stereocenters. The molecule has 0 fully saturated rings. The van der Waals surface area contributed by atoms with Gasteiger partial charge < -0.3 is 10.4 Å². The van der Waals surface area contributed by atoms with E-state index < -0.39 is 5.97 Å². The predicted octanol–water partition coefficient (Wildman–Crippen LogP) is 2.97. The zero-order valence-corrected chi connectivity index (χ0v) is 10.6. The van der Waals surface area contributed by atoms with Crippen LogP contribution in [0.15, 0.2) is 18.2 Å². The fourth-order valence-corrected chi connectivity index (χ4v) is 2.26. The SMILES string of the molecule is CC(C)(C)c1ccc2c(c1)C(CC(=O)O)CN2. The molecule has 2 N–H and O–H groups in total. The number of rotatable bonds is 2. The molecule has 1 aliphatic heterocycles. The van der Waals surface area contributed by atoms with Crippen LogP contribution in [0.5, 0.6) is 0 Å². The van der Waals surface area contributed by atoms with Crippen LogP contribution in [0.3, 0.4) is 0 Å². The van der Waals surface area contributed by atoms with Gasteiger partial charge in [0, 0.05) is 18.2 Å². The van der Waals surface area contributed by atoms with Crippen LogP contribution in [-0.4, -0.2) is 17.6 Å². The summed E-state index contributed by atoms with van der Waals surface area (Å²) in [5.74, 6) is -0.629. The molecule has 1 heterocycles. The number of hydrogen-bond acceptors (Lipinski definition) is 2. The minimum atomic E-state index is -0.731.